The van der Waals surface area contributed by atoms with Gasteiger partial charge >= 0.3 is 6.03 Å². The third kappa shape index (κ3) is 5.00. The molecule has 0 unspecified atom stereocenters. The number of barbiturate groups is 1. The summed E-state index contributed by atoms with van der Waals surface area (Å²) < 4.78 is 0. The average Bonchev–Trinajstić information content (AvgIpc) is 3.50. The van der Waals surface area contributed by atoms with Gasteiger partial charge in [0.25, 0.3) is 11.8 Å². The smallest absolute Gasteiger partial charge is 0.322 e. The van der Waals surface area contributed by atoms with Crippen molar-refractivity contribution in [3.05, 3.63) is 65.2 Å². The molecule has 0 radical (unpaired) electrons. The van der Waals surface area contributed by atoms with Gasteiger partial charge in [0.2, 0.25) is 11.8 Å². The van der Waals surface area contributed by atoms with E-state index in [0.29, 0.717) is 17.2 Å². The van der Waals surface area contributed by atoms with Crippen molar-refractivity contribution in [2.75, 3.05) is 5.32 Å². The summed E-state index contributed by atoms with van der Waals surface area (Å²) in [5.41, 5.74) is 4.66. The lowest BCUT2D eigenvalue weighted by atomic mass is 9.92. The maximum absolute atomic E-state index is 13.0. The molecule has 3 aliphatic rings. The normalized spacial score (nSPS) is 24.9. The minimum absolute atomic E-state index is 0.199. The lowest BCUT2D eigenvalue weighted by Crippen LogP contribution is -2.62. The van der Waals surface area contributed by atoms with E-state index in [-0.39, 0.29) is 23.4 Å². The molecule has 1 saturated heterocycles. The molecule has 1 aliphatic heterocycles. The van der Waals surface area contributed by atoms with Crippen LogP contribution in [-0.2, 0) is 9.59 Å². The summed E-state index contributed by atoms with van der Waals surface area (Å²) in [4.78, 5) is 63.7. The van der Waals surface area contributed by atoms with Crippen LogP contribution in [0.15, 0.2) is 53.6 Å². The number of nitrogens with one attached hydrogen (secondary N) is 3. The predicted molar refractivity (Wildman–Crippen MR) is 135 cm³/mol. The molecule has 10 nitrogen and oxygen atoms in total. The number of hydrogen-bond donors (Lipinski definition) is 3. The highest BCUT2D eigenvalue weighted by Gasteiger charge is 2.50. The highest BCUT2D eigenvalue weighted by molar-refractivity contribution is 6.23. The molecule has 2 saturated carbocycles. The Hall–Kier alpha value is -4.34. The van der Waals surface area contributed by atoms with Gasteiger partial charge in [-0.3, -0.25) is 29.4 Å². The molecule has 3 fully saturated rings. The quantitative estimate of drug-likeness (QED) is 0.318. The lowest BCUT2D eigenvalue weighted by molar-refractivity contribution is -0.141. The standard InChI is InChI=1S/C27H27N5O5/c1-15-2-5-17(6-3-15)23(33)29-20-10-8-18(9-11-20)24(34)31-28-14-21-25(35)30-27(37)32(26(21)36)22-13-16-4-7-19(22)12-16/h2-3,5-6,8-11,14,16,19,21-22H,4,7,12-13H2,1H3,(H,29,33)(H,31,34)(H,30,35,37)/b28-14-/t16-,19-,21+,22-/m0/s1. The molecule has 2 aromatic carbocycles. The van der Waals surface area contributed by atoms with Gasteiger partial charge in [0.05, 0.1) is 0 Å². The molecule has 5 rings (SSSR count). The van der Waals surface area contributed by atoms with E-state index in [1.54, 1.807) is 24.3 Å². The first-order chi connectivity index (χ1) is 17.8. The van der Waals surface area contributed by atoms with Crippen molar-refractivity contribution in [3.63, 3.8) is 0 Å². The van der Waals surface area contributed by atoms with Crippen molar-refractivity contribution in [2.45, 2.75) is 38.6 Å². The van der Waals surface area contributed by atoms with E-state index >= 15 is 0 Å². The third-order valence-electron chi connectivity index (χ3n) is 7.38. The van der Waals surface area contributed by atoms with Crippen LogP contribution < -0.4 is 16.1 Å². The topological polar surface area (TPSA) is 137 Å². The maximum Gasteiger partial charge on any atom is 0.331 e. The molecule has 10 heteroatoms. The fourth-order valence-corrected chi connectivity index (χ4v) is 5.43. The second kappa shape index (κ2) is 9.96. The first kappa shape index (κ1) is 24.4. The van der Waals surface area contributed by atoms with Gasteiger partial charge in [0, 0.05) is 29.1 Å². The van der Waals surface area contributed by atoms with Gasteiger partial charge in [-0.25, -0.2) is 10.2 Å². The van der Waals surface area contributed by atoms with Crippen LogP contribution in [0.25, 0.3) is 0 Å². The first-order valence-corrected chi connectivity index (χ1v) is 12.3. The van der Waals surface area contributed by atoms with Gasteiger partial charge in [0.15, 0.2) is 5.92 Å². The molecular weight excluding hydrogens is 474 g/mol. The van der Waals surface area contributed by atoms with Crippen molar-refractivity contribution in [2.24, 2.45) is 22.9 Å². The Morgan fingerprint density at radius 2 is 1.62 bits per heavy atom. The molecule has 2 bridgehead atoms. The van der Waals surface area contributed by atoms with E-state index in [1.807, 2.05) is 19.1 Å². The number of fused-ring (bicyclic) bond motifs is 2. The number of benzene rings is 2. The van der Waals surface area contributed by atoms with E-state index < -0.39 is 29.7 Å². The van der Waals surface area contributed by atoms with E-state index in [0.717, 1.165) is 37.5 Å². The van der Waals surface area contributed by atoms with E-state index in [2.05, 4.69) is 21.2 Å². The number of aryl methyl sites for hydroxylation is 1. The summed E-state index contributed by atoms with van der Waals surface area (Å²) >= 11 is 0. The lowest BCUT2D eigenvalue weighted by Gasteiger charge is -2.36. The number of carbonyl (C=O) groups is 5. The fourth-order valence-electron chi connectivity index (χ4n) is 5.43. The van der Waals surface area contributed by atoms with Crippen LogP contribution in [0.5, 0.6) is 0 Å². The van der Waals surface area contributed by atoms with Gasteiger partial charge in [-0.1, -0.05) is 24.1 Å². The molecule has 3 N–H and O–H groups in total. The van der Waals surface area contributed by atoms with Gasteiger partial charge in [-0.15, -0.1) is 0 Å². The third-order valence-corrected chi connectivity index (χ3v) is 7.38. The number of hydrazone groups is 1. The van der Waals surface area contributed by atoms with Crippen molar-refractivity contribution < 1.29 is 24.0 Å². The SMILES string of the molecule is Cc1ccc(C(=O)Nc2ccc(C(=O)N/N=C\[C@@H]3C(=O)NC(=O)N([C@H]4C[C@H]5CC[C@H]4C5)C3=O)cc2)cc1. The number of amides is 6. The molecule has 2 aliphatic carbocycles. The van der Waals surface area contributed by atoms with E-state index in [1.165, 1.54) is 17.0 Å². The minimum Gasteiger partial charge on any atom is -0.322 e. The summed E-state index contributed by atoms with van der Waals surface area (Å²) in [7, 11) is 0. The molecule has 0 aromatic heterocycles. The number of urea groups is 1. The van der Waals surface area contributed by atoms with Gasteiger partial charge in [-0.2, -0.15) is 5.10 Å². The minimum atomic E-state index is -1.29. The Balaban J connectivity index is 1.18. The molecular formula is C27H27N5O5. The van der Waals surface area contributed by atoms with Crippen LogP contribution in [0.1, 0.15) is 52.0 Å². The molecule has 6 amide bonds. The highest BCUT2D eigenvalue weighted by atomic mass is 16.2. The summed E-state index contributed by atoms with van der Waals surface area (Å²) in [6.45, 7) is 1.94. The van der Waals surface area contributed by atoms with Crippen molar-refractivity contribution in [3.8, 4) is 0 Å². The zero-order valence-electron chi connectivity index (χ0n) is 20.3. The monoisotopic (exact) mass is 501 g/mol. The molecule has 2 aromatic rings. The van der Waals surface area contributed by atoms with Crippen LogP contribution >= 0.6 is 0 Å². The van der Waals surface area contributed by atoms with Gasteiger partial charge in [0.1, 0.15) is 0 Å². The largest absolute Gasteiger partial charge is 0.331 e. The number of rotatable bonds is 6. The van der Waals surface area contributed by atoms with Crippen LogP contribution in [0, 0.1) is 24.7 Å². The Morgan fingerprint density at radius 3 is 2.27 bits per heavy atom. The molecule has 0 spiro atoms. The van der Waals surface area contributed by atoms with E-state index in [4.69, 9.17) is 0 Å². The molecule has 37 heavy (non-hydrogen) atoms. The molecule has 1 heterocycles. The molecule has 4 atom stereocenters. The number of carbonyl (C=O) groups excluding carboxylic acids is 5. The maximum atomic E-state index is 13.0. The van der Waals surface area contributed by atoms with Crippen molar-refractivity contribution in [1.29, 1.82) is 0 Å². The second-order valence-electron chi connectivity index (χ2n) is 9.84. The number of nitrogens with zero attached hydrogens (tertiary/aromatic N) is 2. The van der Waals surface area contributed by atoms with Crippen LogP contribution in [0.4, 0.5) is 10.5 Å². The Labute approximate surface area is 213 Å². The second-order valence-corrected chi connectivity index (χ2v) is 9.84. The van der Waals surface area contributed by atoms with Crippen molar-refractivity contribution >= 4 is 41.6 Å². The Bertz CT molecular complexity index is 1290. The zero-order valence-corrected chi connectivity index (χ0v) is 20.3. The highest BCUT2D eigenvalue weighted by Crippen LogP contribution is 2.47. The summed E-state index contributed by atoms with van der Waals surface area (Å²) in [5, 5.41) is 8.82. The summed E-state index contributed by atoms with van der Waals surface area (Å²) in [6, 6.07) is 12.5. The Kier molecular flexibility index (Phi) is 6.56. The van der Waals surface area contributed by atoms with Gasteiger partial charge in [-0.05, 0) is 74.4 Å². The number of imide groups is 2. The zero-order chi connectivity index (χ0) is 26.1. The van der Waals surface area contributed by atoms with Crippen LogP contribution in [0.3, 0.4) is 0 Å². The summed E-state index contributed by atoms with van der Waals surface area (Å²) in [6.07, 6.45) is 4.90. The average molecular weight is 502 g/mol. The first-order valence-electron chi connectivity index (χ1n) is 12.3. The number of hydrogen-bond acceptors (Lipinski definition) is 6. The fraction of sp³-hybridized carbons (Fsp3) is 0.333. The van der Waals surface area contributed by atoms with Gasteiger partial charge < -0.3 is 5.32 Å². The Morgan fingerprint density at radius 1 is 0.946 bits per heavy atom. The molecule has 190 valence electrons. The number of anilines is 1. The van der Waals surface area contributed by atoms with Crippen LogP contribution in [0.2, 0.25) is 0 Å². The van der Waals surface area contributed by atoms with Crippen molar-refractivity contribution in [1.82, 2.24) is 15.6 Å². The van der Waals surface area contributed by atoms with E-state index in [9.17, 15) is 24.0 Å². The van der Waals surface area contributed by atoms with Crippen LogP contribution in [-0.4, -0.2) is 46.8 Å². The predicted octanol–water partition coefficient (Wildman–Crippen LogP) is 2.85. The summed E-state index contributed by atoms with van der Waals surface area (Å²) in [5.74, 6) is -2.71.